The molecule has 5 nitrogen and oxygen atoms in total. The van der Waals surface area contributed by atoms with Crippen LogP contribution in [-0.4, -0.2) is 22.7 Å². The van der Waals surface area contributed by atoms with E-state index in [0.717, 1.165) is 51.8 Å². The zero-order valence-corrected chi connectivity index (χ0v) is 19.3. The van der Waals surface area contributed by atoms with Gasteiger partial charge in [-0.2, -0.15) is 5.10 Å². The highest BCUT2D eigenvalue weighted by atomic mass is 16.5. The summed E-state index contributed by atoms with van der Waals surface area (Å²) < 4.78 is 7.35. The Morgan fingerprint density at radius 1 is 1.03 bits per heavy atom. The minimum atomic E-state index is -0.144. The van der Waals surface area contributed by atoms with Crippen molar-refractivity contribution >= 4 is 11.6 Å². The number of carbonyl (C=O) groups excluding carboxylic acids is 1. The van der Waals surface area contributed by atoms with Gasteiger partial charge in [0.1, 0.15) is 11.6 Å². The predicted molar refractivity (Wildman–Crippen MR) is 127 cm³/mol. The molecule has 1 N–H and O–H groups in total. The zero-order valence-electron chi connectivity index (χ0n) is 19.3. The van der Waals surface area contributed by atoms with Crippen molar-refractivity contribution in [3.63, 3.8) is 0 Å². The third kappa shape index (κ3) is 3.32. The molecule has 0 amide bonds. The average Bonchev–Trinajstić information content (AvgIpc) is 3.08. The summed E-state index contributed by atoms with van der Waals surface area (Å²) in [7, 11) is 1.67. The number of hydrogen-bond donors (Lipinski definition) is 1. The molecule has 5 rings (SSSR count). The van der Waals surface area contributed by atoms with Crippen molar-refractivity contribution in [1.82, 2.24) is 9.78 Å². The van der Waals surface area contributed by atoms with Crippen LogP contribution >= 0.6 is 0 Å². The monoisotopic (exact) mass is 427 g/mol. The Morgan fingerprint density at radius 2 is 1.72 bits per heavy atom. The largest absolute Gasteiger partial charge is 0.497 e. The molecular weight excluding hydrogens is 398 g/mol. The number of benzene rings is 2. The highest BCUT2D eigenvalue weighted by molar-refractivity contribution is 6.01. The number of ketones is 1. The van der Waals surface area contributed by atoms with E-state index in [1.165, 1.54) is 5.56 Å². The molecule has 5 heteroatoms. The van der Waals surface area contributed by atoms with Crippen LogP contribution in [0.3, 0.4) is 0 Å². The first-order chi connectivity index (χ1) is 15.3. The number of nitrogens with zero attached hydrogens (tertiary/aromatic N) is 2. The standard InChI is InChI=1S/C27H29N3O2/c1-16-6-10-19(11-7-16)30-26-23(17(2)29-30)24(18-8-12-20(32-5)13-9-18)25-21(28-26)14-27(3,4)15-22(25)31/h6-13,24,28H,14-15H2,1-5H3/t24-/m1/s1. The van der Waals surface area contributed by atoms with Gasteiger partial charge in [0.25, 0.3) is 0 Å². The van der Waals surface area contributed by atoms with Crippen LogP contribution in [0.5, 0.6) is 5.75 Å². The number of aromatic nitrogens is 2. The summed E-state index contributed by atoms with van der Waals surface area (Å²) >= 11 is 0. The van der Waals surface area contributed by atoms with Gasteiger partial charge < -0.3 is 10.1 Å². The molecule has 1 aromatic heterocycles. The van der Waals surface area contributed by atoms with Gasteiger partial charge in [-0.25, -0.2) is 4.68 Å². The number of nitrogens with one attached hydrogen (secondary N) is 1. The quantitative estimate of drug-likeness (QED) is 0.583. The number of rotatable bonds is 3. The maximum atomic E-state index is 13.4. The molecule has 1 atom stereocenters. The molecule has 1 aliphatic carbocycles. The first-order valence-corrected chi connectivity index (χ1v) is 11.1. The van der Waals surface area contributed by atoms with Crippen LogP contribution in [0.15, 0.2) is 59.8 Å². The van der Waals surface area contributed by atoms with Gasteiger partial charge in [-0.15, -0.1) is 0 Å². The Bertz CT molecular complexity index is 1230. The van der Waals surface area contributed by atoms with E-state index in [9.17, 15) is 4.79 Å². The Hall–Kier alpha value is -3.34. The molecule has 0 unspecified atom stereocenters. The number of methoxy groups -OCH3 is 1. The molecule has 2 aliphatic rings. The molecule has 2 heterocycles. The smallest absolute Gasteiger partial charge is 0.162 e. The molecule has 32 heavy (non-hydrogen) atoms. The van der Waals surface area contributed by atoms with E-state index in [-0.39, 0.29) is 17.1 Å². The van der Waals surface area contributed by atoms with E-state index in [1.54, 1.807) is 7.11 Å². The van der Waals surface area contributed by atoms with Gasteiger partial charge >= 0.3 is 0 Å². The summed E-state index contributed by atoms with van der Waals surface area (Å²) in [5, 5.41) is 8.56. The van der Waals surface area contributed by atoms with Crippen LogP contribution in [-0.2, 0) is 4.79 Å². The minimum absolute atomic E-state index is 0.0748. The molecule has 0 radical (unpaired) electrons. The molecule has 1 aliphatic heterocycles. The maximum absolute atomic E-state index is 13.4. The topological polar surface area (TPSA) is 56.1 Å². The molecule has 164 valence electrons. The number of hydrogen-bond acceptors (Lipinski definition) is 4. The second-order valence-electron chi connectivity index (χ2n) is 9.76. The first-order valence-electron chi connectivity index (χ1n) is 11.1. The van der Waals surface area contributed by atoms with E-state index >= 15 is 0 Å². The summed E-state index contributed by atoms with van der Waals surface area (Å²) in [5.74, 6) is 1.84. The summed E-state index contributed by atoms with van der Waals surface area (Å²) in [6.07, 6.45) is 1.39. The Kier molecular flexibility index (Phi) is 4.73. The highest BCUT2D eigenvalue weighted by Crippen LogP contribution is 2.50. The molecular formula is C27H29N3O2. The number of aryl methyl sites for hydroxylation is 2. The second-order valence-corrected chi connectivity index (χ2v) is 9.76. The number of anilines is 1. The molecule has 0 spiro atoms. The number of allylic oxidation sites excluding steroid dienone is 2. The summed E-state index contributed by atoms with van der Waals surface area (Å²) in [6.45, 7) is 8.44. The zero-order chi connectivity index (χ0) is 22.6. The van der Waals surface area contributed by atoms with E-state index in [0.29, 0.717) is 6.42 Å². The lowest BCUT2D eigenvalue weighted by molar-refractivity contribution is -0.118. The van der Waals surface area contributed by atoms with Crippen molar-refractivity contribution in [1.29, 1.82) is 0 Å². The van der Waals surface area contributed by atoms with E-state index in [4.69, 9.17) is 9.84 Å². The first kappa shape index (κ1) is 20.6. The summed E-state index contributed by atoms with van der Waals surface area (Å²) in [6, 6.07) is 16.4. The van der Waals surface area contributed by atoms with Crippen molar-refractivity contribution in [2.45, 2.75) is 46.5 Å². The van der Waals surface area contributed by atoms with Gasteiger partial charge in [0.15, 0.2) is 5.78 Å². The van der Waals surface area contributed by atoms with Gasteiger partial charge in [0.2, 0.25) is 0 Å². The van der Waals surface area contributed by atoms with Gasteiger partial charge in [-0.05, 0) is 55.5 Å². The molecule has 0 saturated heterocycles. The van der Waals surface area contributed by atoms with Crippen molar-refractivity contribution < 1.29 is 9.53 Å². The molecule has 3 aromatic rings. The van der Waals surface area contributed by atoms with Crippen LogP contribution < -0.4 is 10.1 Å². The normalized spacial score (nSPS) is 19.3. The average molecular weight is 428 g/mol. The highest BCUT2D eigenvalue weighted by Gasteiger charge is 2.42. The Balaban J connectivity index is 1.73. The van der Waals surface area contributed by atoms with E-state index in [2.05, 4.69) is 62.5 Å². The SMILES string of the molecule is COc1ccc([C@H]2C3=C(CC(C)(C)CC3=O)Nc3c2c(C)nn3-c2ccc(C)cc2)cc1. The summed E-state index contributed by atoms with van der Waals surface area (Å²) in [4.78, 5) is 13.4. The van der Waals surface area contributed by atoms with Crippen molar-refractivity contribution in [3.8, 4) is 11.4 Å². The van der Waals surface area contributed by atoms with E-state index < -0.39 is 0 Å². The van der Waals surface area contributed by atoms with Crippen LogP contribution in [0, 0.1) is 19.3 Å². The van der Waals surface area contributed by atoms with Crippen LogP contribution in [0.2, 0.25) is 0 Å². The summed E-state index contributed by atoms with van der Waals surface area (Å²) in [5.41, 5.74) is 7.13. The van der Waals surface area contributed by atoms with Gasteiger partial charge in [-0.1, -0.05) is 43.7 Å². The van der Waals surface area contributed by atoms with Crippen molar-refractivity contribution in [3.05, 3.63) is 82.2 Å². The number of ether oxygens (including phenoxy) is 1. The van der Waals surface area contributed by atoms with Crippen LogP contribution in [0.25, 0.3) is 5.69 Å². The van der Waals surface area contributed by atoms with E-state index in [1.807, 2.05) is 23.7 Å². The lowest BCUT2D eigenvalue weighted by Crippen LogP contribution is -2.34. The molecule has 0 fully saturated rings. The fourth-order valence-corrected chi connectivity index (χ4v) is 5.08. The Morgan fingerprint density at radius 3 is 2.38 bits per heavy atom. The molecule has 0 saturated carbocycles. The van der Waals surface area contributed by atoms with Crippen molar-refractivity contribution in [2.24, 2.45) is 5.41 Å². The van der Waals surface area contributed by atoms with Crippen molar-refractivity contribution in [2.75, 3.05) is 12.4 Å². The fraction of sp³-hybridized carbons (Fsp3) is 0.333. The third-order valence-corrected chi connectivity index (χ3v) is 6.60. The molecule has 0 bridgehead atoms. The Labute approximate surface area is 189 Å². The number of Topliss-reactive ketones (excluding diaryl/α,β-unsaturated/α-hetero) is 1. The van der Waals surface area contributed by atoms with Gasteiger partial charge in [0.05, 0.1) is 18.5 Å². The predicted octanol–water partition coefficient (Wildman–Crippen LogP) is 5.70. The third-order valence-electron chi connectivity index (χ3n) is 6.60. The number of fused-ring (bicyclic) bond motifs is 1. The molecule has 2 aromatic carbocycles. The minimum Gasteiger partial charge on any atom is -0.497 e. The lowest BCUT2D eigenvalue weighted by atomic mass is 9.69. The number of carbonyl (C=O) groups is 1. The van der Waals surface area contributed by atoms with Gasteiger partial charge in [-0.3, -0.25) is 4.79 Å². The van der Waals surface area contributed by atoms with Gasteiger partial charge in [0, 0.05) is 29.2 Å². The van der Waals surface area contributed by atoms with Crippen LogP contribution in [0.1, 0.15) is 55.0 Å². The fourth-order valence-electron chi connectivity index (χ4n) is 5.08. The van der Waals surface area contributed by atoms with Crippen LogP contribution in [0.4, 0.5) is 5.82 Å². The lowest BCUT2D eigenvalue weighted by Gasteiger charge is -2.38. The maximum Gasteiger partial charge on any atom is 0.162 e. The second kappa shape index (κ2) is 7.37.